The van der Waals surface area contributed by atoms with Crippen LogP contribution in [0.2, 0.25) is 0 Å². The van der Waals surface area contributed by atoms with E-state index in [-0.39, 0.29) is 18.2 Å². The van der Waals surface area contributed by atoms with E-state index in [0.29, 0.717) is 19.3 Å². The van der Waals surface area contributed by atoms with Crippen molar-refractivity contribution in [2.75, 3.05) is 6.54 Å². The van der Waals surface area contributed by atoms with Gasteiger partial charge in [-0.1, -0.05) is 19.8 Å². The molecule has 2 aliphatic rings. The molecule has 25 heavy (non-hydrogen) atoms. The van der Waals surface area contributed by atoms with Gasteiger partial charge in [0.15, 0.2) is 0 Å². The van der Waals surface area contributed by atoms with E-state index < -0.39 is 34.5 Å². The number of hydrogen-bond acceptors (Lipinski definition) is 2. The normalized spacial score (nSPS) is 26.9. The molecule has 7 heteroatoms. The standard InChI is InChI=1S/C18H22F2N2O3/c1-17(12-8-11(19)4-5-13(12)20)9-14(17)22-16(25)21-10-18(15(23)24)6-2-3-7-18/h4-5,8,14H,2-3,6-7,9-10H2,1H3,(H,23,24)(H2,21,22,25). The maximum absolute atomic E-state index is 13.9. The maximum atomic E-state index is 13.9. The Morgan fingerprint density at radius 1 is 1.28 bits per heavy atom. The molecule has 0 heterocycles. The van der Waals surface area contributed by atoms with Crippen LogP contribution in [0.25, 0.3) is 0 Å². The zero-order valence-electron chi connectivity index (χ0n) is 14.1. The third-order valence-corrected chi connectivity index (χ3v) is 5.69. The first-order chi connectivity index (χ1) is 11.8. The van der Waals surface area contributed by atoms with E-state index >= 15 is 0 Å². The van der Waals surface area contributed by atoms with Crippen molar-refractivity contribution < 1.29 is 23.5 Å². The molecule has 0 saturated heterocycles. The second kappa shape index (κ2) is 6.28. The molecular weight excluding hydrogens is 330 g/mol. The quantitative estimate of drug-likeness (QED) is 0.762. The van der Waals surface area contributed by atoms with Crippen molar-refractivity contribution in [2.45, 2.75) is 50.5 Å². The Kier molecular flexibility index (Phi) is 4.43. The number of carbonyl (C=O) groups is 2. The van der Waals surface area contributed by atoms with Crippen LogP contribution < -0.4 is 10.6 Å². The van der Waals surface area contributed by atoms with E-state index in [0.717, 1.165) is 31.0 Å². The molecular formula is C18H22F2N2O3. The number of urea groups is 1. The third-order valence-electron chi connectivity index (χ3n) is 5.69. The molecule has 5 nitrogen and oxygen atoms in total. The van der Waals surface area contributed by atoms with Crippen molar-refractivity contribution in [1.82, 2.24) is 10.6 Å². The second-order valence-electron chi connectivity index (χ2n) is 7.42. The van der Waals surface area contributed by atoms with Crippen molar-refractivity contribution in [1.29, 1.82) is 0 Å². The predicted octanol–water partition coefficient (Wildman–Crippen LogP) is 2.94. The highest BCUT2D eigenvalue weighted by molar-refractivity contribution is 5.79. The molecule has 2 amide bonds. The average molecular weight is 352 g/mol. The van der Waals surface area contributed by atoms with Crippen molar-refractivity contribution in [2.24, 2.45) is 5.41 Å². The van der Waals surface area contributed by atoms with Crippen LogP contribution >= 0.6 is 0 Å². The molecule has 0 aromatic heterocycles. The first-order valence-electron chi connectivity index (χ1n) is 8.50. The van der Waals surface area contributed by atoms with Crippen LogP contribution in [-0.2, 0) is 10.2 Å². The Morgan fingerprint density at radius 3 is 2.60 bits per heavy atom. The van der Waals surface area contributed by atoms with Crippen LogP contribution in [0.15, 0.2) is 18.2 Å². The van der Waals surface area contributed by atoms with Gasteiger partial charge in [0.2, 0.25) is 0 Å². The van der Waals surface area contributed by atoms with Crippen LogP contribution in [0.4, 0.5) is 13.6 Å². The molecule has 0 spiro atoms. The molecule has 2 fully saturated rings. The number of nitrogens with one attached hydrogen (secondary N) is 2. The van der Waals surface area contributed by atoms with Gasteiger partial charge in [-0.2, -0.15) is 0 Å². The predicted molar refractivity (Wildman–Crippen MR) is 87.2 cm³/mol. The molecule has 0 bridgehead atoms. The van der Waals surface area contributed by atoms with E-state index in [2.05, 4.69) is 10.6 Å². The number of benzene rings is 1. The molecule has 2 aliphatic carbocycles. The van der Waals surface area contributed by atoms with Crippen LogP contribution in [0, 0.1) is 17.0 Å². The Morgan fingerprint density at radius 2 is 1.96 bits per heavy atom. The molecule has 3 rings (SSSR count). The smallest absolute Gasteiger partial charge is 0.315 e. The number of aliphatic carboxylic acids is 1. The van der Waals surface area contributed by atoms with Gasteiger partial charge in [0.25, 0.3) is 0 Å². The second-order valence-corrected chi connectivity index (χ2v) is 7.42. The summed E-state index contributed by atoms with van der Waals surface area (Å²) < 4.78 is 27.3. The fourth-order valence-corrected chi connectivity index (χ4v) is 3.79. The van der Waals surface area contributed by atoms with Crippen molar-refractivity contribution in [3.05, 3.63) is 35.4 Å². The summed E-state index contributed by atoms with van der Waals surface area (Å²) >= 11 is 0. The van der Waals surface area contributed by atoms with E-state index in [1.54, 1.807) is 6.92 Å². The first kappa shape index (κ1) is 17.6. The summed E-state index contributed by atoms with van der Waals surface area (Å²) in [6, 6.07) is 2.52. The number of carbonyl (C=O) groups excluding carboxylic acids is 1. The van der Waals surface area contributed by atoms with Crippen LogP contribution in [0.5, 0.6) is 0 Å². The average Bonchev–Trinajstić information content (AvgIpc) is 2.99. The lowest BCUT2D eigenvalue weighted by atomic mass is 9.86. The van der Waals surface area contributed by atoms with Gasteiger partial charge >= 0.3 is 12.0 Å². The zero-order valence-corrected chi connectivity index (χ0v) is 14.1. The third kappa shape index (κ3) is 3.32. The van der Waals surface area contributed by atoms with E-state index in [4.69, 9.17) is 0 Å². The molecule has 0 aliphatic heterocycles. The molecule has 2 unspecified atom stereocenters. The summed E-state index contributed by atoms with van der Waals surface area (Å²) in [6.07, 6.45) is 3.30. The van der Waals surface area contributed by atoms with Crippen LogP contribution in [-0.4, -0.2) is 29.7 Å². The number of halogens is 2. The van der Waals surface area contributed by atoms with Crippen LogP contribution in [0.3, 0.4) is 0 Å². The largest absolute Gasteiger partial charge is 0.481 e. The highest BCUT2D eigenvalue weighted by Crippen LogP contribution is 2.49. The maximum Gasteiger partial charge on any atom is 0.315 e. The van der Waals surface area contributed by atoms with Gasteiger partial charge in [0.05, 0.1) is 5.41 Å². The minimum absolute atomic E-state index is 0.0753. The number of amides is 2. The summed E-state index contributed by atoms with van der Waals surface area (Å²) in [5, 5.41) is 14.8. The van der Waals surface area contributed by atoms with E-state index in [1.807, 2.05) is 0 Å². The molecule has 2 atom stereocenters. The fourth-order valence-electron chi connectivity index (χ4n) is 3.79. The minimum Gasteiger partial charge on any atom is -0.481 e. The van der Waals surface area contributed by atoms with Gasteiger partial charge in [0.1, 0.15) is 11.6 Å². The van der Waals surface area contributed by atoms with Gasteiger partial charge < -0.3 is 15.7 Å². The number of rotatable bonds is 5. The molecule has 0 radical (unpaired) electrons. The number of carboxylic acid groups (broad SMARTS) is 1. The molecule has 1 aromatic carbocycles. The lowest BCUT2D eigenvalue weighted by molar-refractivity contribution is -0.148. The van der Waals surface area contributed by atoms with Gasteiger partial charge in [0, 0.05) is 18.0 Å². The van der Waals surface area contributed by atoms with Crippen LogP contribution in [0.1, 0.15) is 44.6 Å². The monoisotopic (exact) mass is 352 g/mol. The van der Waals surface area contributed by atoms with Gasteiger partial charge in [-0.05, 0) is 43.0 Å². The minimum atomic E-state index is -0.890. The highest BCUT2D eigenvalue weighted by atomic mass is 19.1. The summed E-state index contributed by atoms with van der Waals surface area (Å²) in [4.78, 5) is 23.6. The SMILES string of the molecule is CC1(c2cc(F)ccc2F)CC1NC(=O)NCC1(C(=O)O)CCCC1. The van der Waals surface area contributed by atoms with E-state index in [9.17, 15) is 23.5 Å². The van der Waals surface area contributed by atoms with Gasteiger partial charge in [-0.25, -0.2) is 13.6 Å². The molecule has 1 aromatic rings. The van der Waals surface area contributed by atoms with Crippen molar-refractivity contribution >= 4 is 12.0 Å². The van der Waals surface area contributed by atoms with Crippen molar-refractivity contribution in [3.63, 3.8) is 0 Å². The Bertz CT molecular complexity index is 704. The number of hydrogen-bond donors (Lipinski definition) is 3. The summed E-state index contributed by atoms with van der Waals surface area (Å²) in [6.45, 7) is 1.84. The Balaban J connectivity index is 1.58. The summed E-state index contributed by atoms with van der Waals surface area (Å²) in [5.41, 5.74) is -1.30. The molecule has 136 valence electrons. The molecule has 3 N–H and O–H groups in total. The highest BCUT2D eigenvalue weighted by Gasteiger charge is 2.53. The molecule has 2 saturated carbocycles. The lowest BCUT2D eigenvalue weighted by Gasteiger charge is -2.24. The van der Waals surface area contributed by atoms with Gasteiger partial charge in [-0.15, -0.1) is 0 Å². The first-order valence-corrected chi connectivity index (χ1v) is 8.50. The Labute approximate surface area is 144 Å². The topological polar surface area (TPSA) is 78.4 Å². The fraction of sp³-hybridized carbons (Fsp3) is 0.556. The summed E-state index contributed by atoms with van der Waals surface area (Å²) in [5.74, 6) is -1.90. The zero-order chi connectivity index (χ0) is 18.2. The summed E-state index contributed by atoms with van der Waals surface area (Å²) in [7, 11) is 0. The Hall–Kier alpha value is -2.18. The van der Waals surface area contributed by atoms with Gasteiger partial charge in [-0.3, -0.25) is 4.79 Å². The van der Waals surface area contributed by atoms with Crippen molar-refractivity contribution in [3.8, 4) is 0 Å². The number of carboxylic acids is 1. The lowest BCUT2D eigenvalue weighted by Crippen LogP contribution is -2.46. The van der Waals surface area contributed by atoms with E-state index in [1.165, 1.54) is 0 Å².